The van der Waals surface area contributed by atoms with Crippen molar-refractivity contribution >= 4 is 11.7 Å². The molecule has 1 aliphatic heterocycles. The van der Waals surface area contributed by atoms with Gasteiger partial charge in [0.1, 0.15) is 5.75 Å². The second-order valence-electron chi connectivity index (χ2n) is 6.08. The molecule has 0 bridgehead atoms. The van der Waals surface area contributed by atoms with Gasteiger partial charge in [-0.3, -0.25) is 9.69 Å². The van der Waals surface area contributed by atoms with Crippen LogP contribution in [-0.4, -0.2) is 55.1 Å². The van der Waals surface area contributed by atoms with Gasteiger partial charge in [-0.25, -0.2) is 0 Å². The maximum absolute atomic E-state index is 12.3. The molecule has 5 nitrogen and oxygen atoms in total. The van der Waals surface area contributed by atoms with Gasteiger partial charge < -0.3 is 14.7 Å². The fourth-order valence-corrected chi connectivity index (χ4v) is 2.90. The smallest absolute Gasteiger partial charge is 0.481 e. The quantitative estimate of drug-likeness (QED) is 0.721. The number of benzene rings is 1. The zero-order valence-corrected chi connectivity index (χ0v) is 14.0. The molecule has 1 fully saturated rings. The Balaban J connectivity index is 1.74. The summed E-state index contributed by atoms with van der Waals surface area (Å²) in [6, 6.07) is 6.05. The van der Waals surface area contributed by atoms with Crippen molar-refractivity contribution in [3.63, 3.8) is 0 Å². The SMILES string of the molecule is O=C(O)CCCCCN1CCN(c2cccc(OC(F)(F)F)c2)CC1. The van der Waals surface area contributed by atoms with Crippen molar-refractivity contribution in [3.05, 3.63) is 24.3 Å². The molecule has 25 heavy (non-hydrogen) atoms. The second kappa shape index (κ2) is 8.94. The Morgan fingerprint density at radius 1 is 1.12 bits per heavy atom. The van der Waals surface area contributed by atoms with Crippen LogP contribution in [0.15, 0.2) is 24.3 Å². The van der Waals surface area contributed by atoms with Gasteiger partial charge in [-0.1, -0.05) is 12.5 Å². The number of carboxylic acids is 1. The summed E-state index contributed by atoms with van der Waals surface area (Å²) in [5.74, 6) is -0.962. The number of halogens is 3. The summed E-state index contributed by atoms with van der Waals surface area (Å²) in [5, 5.41) is 8.59. The lowest BCUT2D eigenvalue weighted by molar-refractivity contribution is -0.274. The molecular formula is C17H23F3N2O3. The highest BCUT2D eigenvalue weighted by atomic mass is 19.4. The van der Waals surface area contributed by atoms with E-state index in [-0.39, 0.29) is 12.2 Å². The third kappa shape index (κ3) is 7.21. The van der Waals surface area contributed by atoms with Crippen LogP contribution in [-0.2, 0) is 4.79 Å². The second-order valence-corrected chi connectivity index (χ2v) is 6.08. The molecule has 0 radical (unpaired) electrons. The zero-order valence-electron chi connectivity index (χ0n) is 14.0. The monoisotopic (exact) mass is 360 g/mol. The summed E-state index contributed by atoms with van der Waals surface area (Å²) in [5.41, 5.74) is 0.725. The van der Waals surface area contributed by atoms with Gasteiger partial charge in [-0.15, -0.1) is 13.2 Å². The van der Waals surface area contributed by atoms with E-state index in [1.54, 1.807) is 12.1 Å². The minimum Gasteiger partial charge on any atom is -0.481 e. The van der Waals surface area contributed by atoms with Crippen LogP contribution < -0.4 is 9.64 Å². The first-order chi connectivity index (χ1) is 11.8. The van der Waals surface area contributed by atoms with Crippen molar-refractivity contribution in [3.8, 4) is 5.75 Å². The van der Waals surface area contributed by atoms with Gasteiger partial charge in [0, 0.05) is 44.4 Å². The lowest BCUT2D eigenvalue weighted by Gasteiger charge is -2.36. The van der Waals surface area contributed by atoms with E-state index in [1.807, 2.05) is 4.90 Å². The molecule has 1 aromatic rings. The van der Waals surface area contributed by atoms with Crippen LogP contribution in [0.3, 0.4) is 0 Å². The molecule has 1 aromatic carbocycles. The minimum absolute atomic E-state index is 0.203. The first-order valence-corrected chi connectivity index (χ1v) is 8.38. The molecule has 1 aliphatic rings. The number of anilines is 1. The summed E-state index contributed by atoms with van der Waals surface area (Å²) in [6.45, 7) is 4.08. The normalized spacial score (nSPS) is 16.0. The Hall–Kier alpha value is -1.96. The largest absolute Gasteiger partial charge is 0.573 e. The average Bonchev–Trinajstić information content (AvgIpc) is 2.53. The predicted molar refractivity (Wildman–Crippen MR) is 87.9 cm³/mol. The van der Waals surface area contributed by atoms with Gasteiger partial charge in [-0.2, -0.15) is 0 Å². The summed E-state index contributed by atoms with van der Waals surface area (Å²) < 4.78 is 40.9. The van der Waals surface area contributed by atoms with Gasteiger partial charge >= 0.3 is 12.3 Å². The fraction of sp³-hybridized carbons (Fsp3) is 0.588. The van der Waals surface area contributed by atoms with Crippen LogP contribution >= 0.6 is 0 Å². The first kappa shape index (κ1) is 19.4. The van der Waals surface area contributed by atoms with E-state index in [0.29, 0.717) is 6.42 Å². The number of piperazine rings is 1. The van der Waals surface area contributed by atoms with E-state index >= 15 is 0 Å². The van der Waals surface area contributed by atoms with E-state index < -0.39 is 12.3 Å². The number of ether oxygens (including phenoxy) is 1. The molecule has 0 aromatic heterocycles. The van der Waals surface area contributed by atoms with E-state index in [2.05, 4.69) is 9.64 Å². The molecule has 0 atom stereocenters. The lowest BCUT2D eigenvalue weighted by atomic mass is 10.1. The van der Waals surface area contributed by atoms with Gasteiger partial charge in [0.25, 0.3) is 0 Å². The van der Waals surface area contributed by atoms with Gasteiger partial charge in [0.15, 0.2) is 0 Å². The van der Waals surface area contributed by atoms with Crippen LogP contribution in [0.2, 0.25) is 0 Å². The third-order valence-corrected chi connectivity index (χ3v) is 4.15. The van der Waals surface area contributed by atoms with Crippen molar-refractivity contribution in [2.45, 2.75) is 32.0 Å². The highest BCUT2D eigenvalue weighted by Gasteiger charge is 2.31. The number of aliphatic carboxylic acids is 1. The molecule has 0 unspecified atom stereocenters. The van der Waals surface area contributed by atoms with Crippen LogP contribution in [0.4, 0.5) is 18.9 Å². The molecule has 1 heterocycles. The molecule has 8 heteroatoms. The van der Waals surface area contributed by atoms with Crippen molar-refractivity contribution in [2.75, 3.05) is 37.6 Å². The maximum atomic E-state index is 12.3. The maximum Gasteiger partial charge on any atom is 0.573 e. The lowest BCUT2D eigenvalue weighted by Crippen LogP contribution is -2.46. The molecule has 0 saturated carbocycles. The first-order valence-electron chi connectivity index (χ1n) is 8.38. The molecule has 0 aliphatic carbocycles. The number of rotatable bonds is 8. The molecule has 140 valence electrons. The minimum atomic E-state index is -4.68. The fourth-order valence-electron chi connectivity index (χ4n) is 2.90. The number of carboxylic acid groups (broad SMARTS) is 1. The van der Waals surface area contributed by atoms with Crippen LogP contribution in [0, 0.1) is 0 Å². The van der Waals surface area contributed by atoms with Crippen LogP contribution in [0.5, 0.6) is 5.75 Å². The number of unbranched alkanes of at least 4 members (excludes halogenated alkanes) is 2. The number of hydrogen-bond donors (Lipinski definition) is 1. The topological polar surface area (TPSA) is 53.0 Å². The Labute approximate surface area is 145 Å². The standard InChI is InChI=1S/C17H23F3N2O3/c18-17(19,20)25-15-6-4-5-14(13-15)22-11-9-21(10-12-22)8-3-1-2-7-16(23)24/h4-6,13H,1-3,7-12H2,(H,23,24). The molecule has 1 saturated heterocycles. The van der Waals surface area contributed by atoms with Crippen molar-refractivity contribution < 1.29 is 27.8 Å². The Bertz CT molecular complexity index is 558. The van der Waals surface area contributed by atoms with Gasteiger partial charge in [0.2, 0.25) is 0 Å². The third-order valence-electron chi connectivity index (χ3n) is 4.15. The molecule has 2 rings (SSSR count). The van der Waals surface area contributed by atoms with Gasteiger partial charge in [0.05, 0.1) is 0 Å². The summed E-state index contributed by atoms with van der Waals surface area (Å²) in [6.07, 6.45) is -1.92. The number of nitrogens with zero attached hydrogens (tertiary/aromatic N) is 2. The Morgan fingerprint density at radius 2 is 1.84 bits per heavy atom. The van der Waals surface area contributed by atoms with Crippen molar-refractivity contribution in [1.29, 1.82) is 0 Å². The van der Waals surface area contributed by atoms with Crippen LogP contribution in [0.1, 0.15) is 25.7 Å². The number of carbonyl (C=O) groups is 1. The highest BCUT2D eigenvalue weighted by molar-refractivity contribution is 5.66. The van der Waals surface area contributed by atoms with Crippen molar-refractivity contribution in [1.82, 2.24) is 4.90 Å². The Morgan fingerprint density at radius 3 is 2.48 bits per heavy atom. The highest BCUT2D eigenvalue weighted by Crippen LogP contribution is 2.27. The Kier molecular flexibility index (Phi) is 6.92. The molecule has 0 spiro atoms. The molecule has 0 amide bonds. The molecule has 1 N–H and O–H groups in total. The average molecular weight is 360 g/mol. The van der Waals surface area contributed by atoms with Crippen molar-refractivity contribution in [2.24, 2.45) is 0 Å². The van der Waals surface area contributed by atoms with Gasteiger partial charge in [-0.05, 0) is 31.5 Å². The summed E-state index contributed by atoms with van der Waals surface area (Å²) in [4.78, 5) is 14.8. The van der Waals surface area contributed by atoms with Crippen LogP contribution in [0.25, 0.3) is 0 Å². The zero-order chi connectivity index (χ0) is 18.3. The molecular weight excluding hydrogens is 337 g/mol. The van der Waals surface area contributed by atoms with E-state index in [0.717, 1.165) is 51.3 Å². The summed E-state index contributed by atoms with van der Waals surface area (Å²) >= 11 is 0. The van der Waals surface area contributed by atoms with E-state index in [9.17, 15) is 18.0 Å². The predicted octanol–water partition coefficient (Wildman–Crippen LogP) is 3.35. The number of alkyl halides is 3. The van der Waals surface area contributed by atoms with E-state index in [4.69, 9.17) is 5.11 Å². The number of hydrogen-bond acceptors (Lipinski definition) is 4. The summed E-state index contributed by atoms with van der Waals surface area (Å²) in [7, 11) is 0. The van der Waals surface area contributed by atoms with E-state index in [1.165, 1.54) is 12.1 Å².